The number of nitrogens with zero attached hydrogens (tertiary/aromatic N) is 2. The smallest absolute Gasteiger partial charge is 0.191 e. The zero-order valence-electron chi connectivity index (χ0n) is 17.0. The lowest BCUT2D eigenvalue weighted by molar-refractivity contribution is 0.0487. The molecule has 1 saturated heterocycles. The molecule has 6 nitrogen and oxygen atoms in total. The van der Waals surface area contributed by atoms with Crippen LogP contribution in [-0.4, -0.2) is 65.6 Å². The molecule has 1 aliphatic rings. The molecule has 152 valence electrons. The molecular weight excluding hydrogens is 340 g/mol. The zero-order valence-corrected chi connectivity index (χ0v) is 17.0. The molecule has 1 aliphatic heterocycles. The Morgan fingerprint density at radius 2 is 1.89 bits per heavy atom. The minimum atomic E-state index is 0.639. The summed E-state index contributed by atoms with van der Waals surface area (Å²) in [7, 11) is 1.81. The fraction of sp³-hybridized carbons (Fsp3) is 0.667. The van der Waals surface area contributed by atoms with E-state index in [1.54, 1.807) is 0 Å². The first-order valence-corrected chi connectivity index (χ1v) is 10.2. The van der Waals surface area contributed by atoms with Gasteiger partial charge in [-0.3, -0.25) is 4.99 Å². The van der Waals surface area contributed by atoms with Gasteiger partial charge in [-0.05, 0) is 30.9 Å². The van der Waals surface area contributed by atoms with Crippen molar-refractivity contribution in [3.8, 4) is 0 Å². The average molecular weight is 377 g/mol. The van der Waals surface area contributed by atoms with Gasteiger partial charge in [0.05, 0.1) is 19.8 Å². The summed E-state index contributed by atoms with van der Waals surface area (Å²) in [5.74, 6) is 1.48. The van der Waals surface area contributed by atoms with Crippen molar-refractivity contribution in [3.63, 3.8) is 0 Å². The second-order valence-corrected chi connectivity index (χ2v) is 6.89. The van der Waals surface area contributed by atoms with Crippen LogP contribution in [-0.2, 0) is 9.47 Å². The zero-order chi connectivity index (χ0) is 19.2. The molecule has 1 heterocycles. The first-order chi connectivity index (χ1) is 13.3. The normalized spacial score (nSPS) is 17.3. The molecule has 6 heteroatoms. The molecule has 1 fully saturated rings. The summed E-state index contributed by atoms with van der Waals surface area (Å²) >= 11 is 0. The maximum absolute atomic E-state index is 5.57. The SMILES string of the molecule is CCCCOCCOCCNC(=NC)NCC1CCN(c2ccccc2)C1. The van der Waals surface area contributed by atoms with Crippen LogP contribution in [0.4, 0.5) is 5.69 Å². The van der Waals surface area contributed by atoms with Crippen molar-refractivity contribution in [1.29, 1.82) is 0 Å². The first-order valence-electron chi connectivity index (χ1n) is 10.2. The molecule has 27 heavy (non-hydrogen) atoms. The van der Waals surface area contributed by atoms with Crippen LogP contribution < -0.4 is 15.5 Å². The number of hydrogen-bond donors (Lipinski definition) is 2. The summed E-state index contributed by atoms with van der Waals surface area (Å²) in [5, 5.41) is 6.75. The summed E-state index contributed by atoms with van der Waals surface area (Å²) in [5.41, 5.74) is 1.32. The molecule has 2 rings (SSSR count). The van der Waals surface area contributed by atoms with E-state index in [1.165, 1.54) is 18.5 Å². The number of unbranched alkanes of at least 4 members (excludes halogenated alkanes) is 1. The van der Waals surface area contributed by atoms with E-state index >= 15 is 0 Å². The summed E-state index contributed by atoms with van der Waals surface area (Å²) in [6.45, 7) is 8.87. The quantitative estimate of drug-likeness (QED) is 0.333. The van der Waals surface area contributed by atoms with Gasteiger partial charge in [0.15, 0.2) is 5.96 Å². The number of rotatable bonds is 12. The van der Waals surface area contributed by atoms with Crippen molar-refractivity contribution < 1.29 is 9.47 Å². The molecular formula is C21H36N4O2. The highest BCUT2D eigenvalue weighted by atomic mass is 16.5. The number of hydrogen-bond acceptors (Lipinski definition) is 4. The van der Waals surface area contributed by atoms with Gasteiger partial charge in [0.25, 0.3) is 0 Å². The van der Waals surface area contributed by atoms with Gasteiger partial charge in [0, 0.05) is 45.5 Å². The van der Waals surface area contributed by atoms with Crippen LogP contribution in [0.3, 0.4) is 0 Å². The van der Waals surface area contributed by atoms with Crippen molar-refractivity contribution in [2.45, 2.75) is 26.2 Å². The van der Waals surface area contributed by atoms with Crippen molar-refractivity contribution >= 4 is 11.6 Å². The molecule has 1 aromatic carbocycles. The van der Waals surface area contributed by atoms with Gasteiger partial charge < -0.3 is 25.0 Å². The number of para-hydroxylation sites is 1. The van der Waals surface area contributed by atoms with Crippen LogP contribution in [0.2, 0.25) is 0 Å². The molecule has 0 saturated carbocycles. The van der Waals surface area contributed by atoms with Crippen molar-refractivity contribution in [2.75, 3.05) is 64.6 Å². The second kappa shape index (κ2) is 13.4. The van der Waals surface area contributed by atoms with Crippen molar-refractivity contribution in [3.05, 3.63) is 30.3 Å². The van der Waals surface area contributed by atoms with Crippen LogP contribution in [0.1, 0.15) is 26.2 Å². The highest BCUT2D eigenvalue weighted by Gasteiger charge is 2.22. The molecule has 0 aromatic heterocycles. The van der Waals surface area contributed by atoms with Gasteiger partial charge >= 0.3 is 0 Å². The lowest BCUT2D eigenvalue weighted by atomic mass is 10.1. The number of nitrogens with one attached hydrogen (secondary N) is 2. The van der Waals surface area contributed by atoms with E-state index < -0.39 is 0 Å². The molecule has 0 bridgehead atoms. The molecule has 1 aromatic rings. The van der Waals surface area contributed by atoms with Gasteiger partial charge in [-0.15, -0.1) is 0 Å². The Labute approximate surface area is 164 Å². The fourth-order valence-electron chi connectivity index (χ4n) is 3.14. The Kier molecular flexibility index (Phi) is 10.7. The van der Waals surface area contributed by atoms with E-state index in [0.717, 1.165) is 45.2 Å². The molecule has 0 spiro atoms. The third-order valence-corrected chi connectivity index (χ3v) is 4.74. The molecule has 1 unspecified atom stereocenters. The minimum absolute atomic E-state index is 0.639. The van der Waals surface area contributed by atoms with Crippen LogP contribution >= 0.6 is 0 Å². The lowest BCUT2D eigenvalue weighted by Crippen LogP contribution is -2.41. The molecule has 2 N–H and O–H groups in total. The lowest BCUT2D eigenvalue weighted by Gasteiger charge is -2.19. The monoisotopic (exact) mass is 376 g/mol. The minimum Gasteiger partial charge on any atom is -0.379 e. The van der Waals surface area contributed by atoms with E-state index in [1.807, 2.05) is 7.05 Å². The van der Waals surface area contributed by atoms with Gasteiger partial charge in [-0.25, -0.2) is 0 Å². The van der Waals surface area contributed by atoms with Crippen LogP contribution in [0.5, 0.6) is 0 Å². The predicted octanol–water partition coefficient (Wildman–Crippen LogP) is 2.51. The Morgan fingerprint density at radius 1 is 1.11 bits per heavy atom. The number of benzene rings is 1. The first kappa shape index (κ1) is 21.5. The third kappa shape index (κ3) is 8.63. The molecule has 1 atom stereocenters. The predicted molar refractivity (Wildman–Crippen MR) is 113 cm³/mol. The van der Waals surface area contributed by atoms with E-state index in [0.29, 0.717) is 25.7 Å². The Hall–Kier alpha value is -1.79. The summed E-state index contributed by atoms with van der Waals surface area (Å²) in [6.07, 6.45) is 3.50. The second-order valence-electron chi connectivity index (χ2n) is 6.89. The summed E-state index contributed by atoms with van der Waals surface area (Å²) < 4.78 is 11.0. The maximum Gasteiger partial charge on any atom is 0.191 e. The number of anilines is 1. The summed E-state index contributed by atoms with van der Waals surface area (Å²) in [4.78, 5) is 6.75. The van der Waals surface area contributed by atoms with Crippen molar-refractivity contribution in [1.82, 2.24) is 10.6 Å². The average Bonchev–Trinajstić information content (AvgIpc) is 3.19. The van der Waals surface area contributed by atoms with Gasteiger partial charge in [0.2, 0.25) is 0 Å². The Morgan fingerprint density at radius 3 is 2.63 bits per heavy atom. The van der Waals surface area contributed by atoms with E-state index in [2.05, 4.69) is 57.8 Å². The van der Waals surface area contributed by atoms with Crippen molar-refractivity contribution in [2.24, 2.45) is 10.9 Å². The molecule has 0 aliphatic carbocycles. The van der Waals surface area contributed by atoms with Crippen LogP contribution in [0.25, 0.3) is 0 Å². The third-order valence-electron chi connectivity index (χ3n) is 4.74. The number of ether oxygens (including phenoxy) is 2. The molecule has 0 amide bonds. The fourth-order valence-corrected chi connectivity index (χ4v) is 3.14. The Bertz CT molecular complexity index is 524. The standard InChI is InChI=1S/C21H36N4O2/c1-3-4-13-26-15-16-27-14-11-23-21(22-2)24-17-19-10-12-25(18-19)20-8-6-5-7-9-20/h5-9,19H,3-4,10-18H2,1-2H3,(H2,22,23,24). The highest BCUT2D eigenvalue weighted by molar-refractivity contribution is 5.79. The number of guanidine groups is 1. The topological polar surface area (TPSA) is 58.1 Å². The van der Waals surface area contributed by atoms with E-state index in [-0.39, 0.29) is 0 Å². The maximum atomic E-state index is 5.57. The van der Waals surface area contributed by atoms with Gasteiger partial charge in [0.1, 0.15) is 0 Å². The van der Waals surface area contributed by atoms with Crippen LogP contribution in [0.15, 0.2) is 35.3 Å². The molecule has 0 radical (unpaired) electrons. The largest absolute Gasteiger partial charge is 0.379 e. The van der Waals surface area contributed by atoms with Gasteiger partial charge in [-0.1, -0.05) is 31.5 Å². The van der Waals surface area contributed by atoms with E-state index in [9.17, 15) is 0 Å². The summed E-state index contributed by atoms with van der Waals surface area (Å²) in [6, 6.07) is 10.6. The van der Waals surface area contributed by atoms with Crippen LogP contribution in [0, 0.1) is 5.92 Å². The number of aliphatic imine (C=N–C) groups is 1. The van der Waals surface area contributed by atoms with E-state index in [4.69, 9.17) is 9.47 Å². The highest BCUT2D eigenvalue weighted by Crippen LogP contribution is 2.22. The van der Waals surface area contributed by atoms with Gasteiger partial charge in [-0.2, -0.15) is 0 Å². The Balaban J connectivity index is 1.52.